The number of carbonyl (C=O) groups is 2. The number of benzene rings is 2. The van der Waals surface area contributed by atoms with Gasteiger partial charge in [-0.15, -0.1) is 0 Å². The Labute approximate surface area is 210 Å². The maximum atomic E-state index is 12.9. The number of hydrogen-bond donors (Lipinski definition) is 6. The van der Waals surface area contributed by atoms with Crippen molar-refractivity contribution in [1.82, 2.24) is 20.6 Å². The van der Waals surface area contributed by atoms with E-state index in [-0.39, 0.29) is 18.3 Å². The summed E-state index contributed by atoms with van der Waals surface area (Å²) in [6, 6.07) is 15.9. The Balaban J connectivity index is 1.59. The van der Waals surface area contributed by atoms with Crippen LogP contribution in [0.3, 0.4) is 0 Å². The van der Waals surface area contributed by atoms with Crippen LogP contribution in [0.4, 0.5) is 0 Å². The molecule has 0 aliphatic carbocycles. The summed E-state index contributed by atoms with van der Waals surface area (Å²) in [5.41, 5.74) is 20.7. The van der Waals surface area contributed by atoms with E-state index in [0.29, 0.717) is 31.8 Å². The third-order valence-corrected chi connectivity index (χ3v) is 5.62. The highest BCUT2D eigenvalue weighted by molar-refractivity contribution is 5.89. The monoisotopic (exact) mass is 490 g/mol. The molecule has 0 radical (unpaired) electrons. The van der Waals surface area contributed by atoms with Gasteiger partial charge in [0.2, 0.25) is 11.8 Å². The Morgan fingerprint density at radius 1 is 1.06 bits per heavy atom. The number of carbonyl (C=O) groups excluding carboxylic acids is 2. The molecule has 2 aromatic carbocycles. The van der Waals surface area contributed by atoms with Crippen LogP contribution < -0.4 is 27.8 Å². The Hall–Kier alpha value is -4.18. The molecular formula is C26H34N8O2. The lowest BCUT2D eigenvalue weighted by molar-refractivity contribution is -0.129. The molecule has 0 aliphatic rings. The number of nitrogens with zero attached hydrogens (tertiary/aromatic N) is 2. The average Bonchev–Trinajstić information content (AvgIpc) is 3.33. The van der Waals surface area contributed by atoms with Crippen LogP contribution in [0.2, 0.25) is 0 Å². The van der Waals surface area contributed by atoms with E-state index in [2.05, 4.69) is 25.6 Å². The predicted octanol–water partition coefficient (Wildman–Crippen LogP) is 1.11. The van der Waals surface area contributed by atoms with E-state index in [1.54, 1.807) is 6.20 Å². The zero-order valence-corrected chi connectivity index (χ0v) is 20.4. The Bertz CT molecular complexity index is 1150. The van der Waals surface area contributed by atoms with Crippen molar-refractivity contribution < 1.29 is 9.59 Å². The van der Waals surface area contributed by atoms with Crippen LogP contribution >= 0.6 is 0 Å². The van der Waals surface area contributed by atoms with Crippen LogP contribution in [-0.4, -0.2) is 46.4 Å². The molecule has 2 amide bonds. The van der Waals surface area contributed by atoms with Gasteiger partial charge >= 0.3 is 0 Å². The molecule has 0 spiro atoms. The minimum Gasteiger partial charge on any atom is -0.370 e. The van der Waals surface area contributed by atoms with Crippen molar-refractivity contribution in [2.24, 2.45) is 22.2 Å². The highest BCUT2D eigenvalue weighted by Gasteiger charge is 2.24. The number of aliphatic imine (C=N–C) groups is 1. The SMILES string of the molecule is Cc1ccc(-c2ncc(C[C@H](N)C(=O)N[C@@H](CCCN=C(N)N)C(=O)NCc3ccccc3)[nH]2)cc1. The topological polar surface area (TPSA) is 177 Å². The molecule has 3 aromatic rings. The largest absolute Gasteiger partial charge is 0.370 e. The summed E-state index contributed by atoms with van der Waals surface area (Å²) in [4.78, 5) is 37.3. The molecule has 3 rings (SSSR count). The summed E-state index contributed by atoms with van der Waals surface area (Å²) in [5, 5.41) is 5.66. The molecule has 0 aliphatic heterocycles. The fourth-order valence-electron chi connectivity index (χ4n) is 3.61. The Morgan fingerprint density at radius 3 is 2.47 bits per heavy atom. The zero-order valence-electron chi connectivity index (χ0n) is 20.4. The minimum absolute atomic E-state index is 0.0179. The standard InChI is InChI=1S/C26H34N8O2/c1-17-9-11-19(12-10-17)23-31-16-20(33-23)14-21(27)24(35)34-22(8-5-13-30-26(28)29)25(36)32-15-18-6-3-2-4-7-18/h2-4,6-7,9-12,16,21-22H,5,8,13-15,27H2,1H3,(H,31,33)(H,32,36)(H,34,35)(H4,28,29,30)/t21-,22-/m0/s1. The maximum absolute atomic E-state index is 12.9. The second-order valence-corrected chi connectivity index (χ2v) is 8.65. The fourth-order valence-corrected chi connectivity index (χ4v) is 3.61. The van der Waals surface area contributed by atoms with E-state index in [9.17, 15) is 9.59 Å². The third-order valence-electron chi connectivity index (χ3n) is 5.62. The van der Waals surface area contributed by atoms with E-state index in [1.165, 1.54) is 0 Å². The van der Waals surface area contributed by atoms with Gasteiger partial charge in [-0.25, -0.2) is 4.98 Å². The number of nitrogens with two attached hydrogens (primary N) is 3. The number of hydrogen-bond acceptors (Lipinski definition) is 5. The van der Waals surface area contributed by atoms with Gasteiger partial charge < -0.3 is 32.8 Å². The van der Waals surface area contributed by atoms with Gasteiger partial charge in [0.1, 0.15) is 11.9 Å². The lowest BCUT2D eigenvalue weighted by atomic mass is 10.1. The van der Waals surface area contributed by atoms with Crippen molar-refractivity contribution in [3.8, 4) is 11.4 Å². The number of nitrogens with one attached hydrogen (secondary N) is 3. The molecule has 0 bridgehead atoms. The molecule has 9 N–H and O–H groups in total. The van der Waals surface area contributed by atoms with Crippen LogP contribution in [0.15, 0.2) is 65.8 Å². The highest BCUT2D eigenvalue weighted by atomic mass is 16.2. The molecule has 190 valence electrons. The Kier molecular flexibility index (Phi) is 9.58. The van der Waals surface area contributed by atoms with Crippen molar-refractivity contribution in [3.63, 3.8) is 0 Å². The molecule has 36 heavy (non-hydrogen) atoms. The lowest BCUT2D eigenvalue weighted by Crippen LogP contribution is -2.52. The first-order valence-corrected chi connectivity index (χ1v) is 11.9. The van der Waals surface area contributed by atoms with E-state index in [1.807, 2.05) is 61.5 Å². The second kappa shape index (κ2) is 13.1. The smallest absolute Gasteiger partial charge is 0.242 e. The van der Waals surface area contributed by atoms with Crippen LogP contribution in [0.1, 0.15) is 29.7 Å². The molecule has 1 aromatic heterocycles. The van der Waals surface area contributed by atoms with Crippen LogP contribution in [0.5, 0.6) is 0 Å². The van der Waals surface area contributed by atoms with Crippen LogP contribution in [0.25, 0.3) is 11.4 Å². The van der Waals surface area contributed by atoms with Gasteiger partial charge in [0.15, 0.2) is 5.96 Å². The summed E-state index contributed by atoms with van der Waals surface area (Å²) in [7, 11) is 0. The number of aromatic nitrogens is 2. The van der Waals surface area contributed by atoms with E-state index < -0.39 is 18.0 Å². The van der Waals surface area contributed by atoms with Crippen molar-refractivity contribution >= 4 is 17.8 Å². The number of aromatic amines is 1. The van der Waals surface area contributed by atoms with Gasteiger partial charge in [-0.2, -0.15) is 0 Å². The molecule has 0 saturated heterocycles. The summed E-state index contributed by atoms with van der Waals surface area (Å²) in [6.45, 7) is 2.72. The van der Waals surface area contributed by atoms with Gasteiger partial charge in [-0.3, -0.25) is 14.6 Å². The van der Waals surface area contributed by atoms with E-state index >= 15 is 0 Å². The number of rotatable bonds is 12. The first-order valence-electron chi connectivity index (χ1n) is 11.9. The molecule has 10 nitrogen and oxygen atoms in total. The molecule has 0 unspecified atom stereocenters. The lowest BCUT2D eigenvalue weighted by Gasteiger charge is -2.20. The molecule has 1 heterocycles. The second-order valence-electron chi connectivity index (χ2n) is 8.65. The third kappa shape index (κ3) is 8.24. The zero-order chi connectivity index (χ0) is 25.9. The molecule has 2 atom stereocenters. The van der Waals surface area contributed by atoms with Crippen molar-refractivity contribution in [2.75, 3.05) is 6.54 Å². The predicted molar refractivity (Wildman–Crippen MR) is 141 cm³/mol. The first-order chi connectivity index (χ1) is 17.3. The van der Waals surface area contributed by atoms with Crippen LogP contribution in [0, 0.1) is 6.92 Å². The van der Waals surface area contributed by atoms with Gasteiger partial charge in [-0.1, -0.05) is 60.2 Å². The highest BCUT2D eigenvalue weighted by Crippen LogP contribution is 2.16. The van der Waals surface area contributed by atoms with E-state index in [0.717, 1.165) is 22.4 Å². The Morgan fingerprint density at radius 2 is 1.78 bits per heavy atom. The molecule has 10 heteroatoms. The van der Waals surface area contributed by atoms with Crippen molar-refractivity contribution in [2.45, 2.75) is 44.8 Å². The summed E-state index contributed by atoms with van der Waals surface area (Å²) >= 11 is 0. The van der Waals surface area contributed by atoms with Crippen molar-refractivity contribution in [1.29, 1.82) is 0 Å². The summed E-state index contributed by atoms with van der Waals surface area (Å²) in [5.74, 6) is -0.0401. The quantitative estimate of drug-likeness (QED) is 0.126. The molecule has 0 fully saturated rings. The number of H-pyrrole nitrogens is 1. The van der Waals surface area contributed by atoms with Gasteiger partial charge in [0.25, 0.3) is 0 Å². The molecular weight excluding hydrogens is 456 g/mol. The summed E-state index contributed by atoms with van der Waals surface area (Å²) in [6.07, 6.45) is 2.79. The number of aryl methyl sites for hydroxylation is 1. The number of imidazole rings is 1. The van der Waals surface area contributed by atoms with Gasteiger partial charge in [0, 0.05) is 37.0 Å². The van der Waals surface area contributed by atoms with Crippen LogP contribution in [-0.2, 0) is 22.6 Å². The number of amides is 2. The van der Waals surface area contributed by atoms with E-state index in [4.69, 9.17) is 17.2 Å². The van der Waals surface area contributed by atoms with Gasteiger partial charge in [0.05, 0.1) is 6.04 Å². The number of guanidine groups is 1. The maximum Gasteiger partial charge on any atom is 0.242 e. The molecule has 0 saturated carbocycles. The minimum atomic E-state index is -0.863. The summed E-state index contributed by atoms with van der Waals surface area (Å²) < 4.78 is 0. The normalized spacial score (nSPS) is 12.4. The average molecular weight is 491 g/mol. The van der Waals surface area contributed by atoms with Crippen molar-refractivity contribution in [3.05, 3.63) is 77.6 Å². The first kappa shape index (κ1) is 26.4. The van der Waals surface area contributed by atoms with Gasteiger partial charge in [-0.05, 0) is 25.3 Å². The fraction of sp³-hybridized carbons (Fsp3) is 0.308.